The van der Waals surface area contributed by atoms with Gasteiger partial charge in [-0.15, -0.1) is 11.3 Å². The van der Waals surface area contributed by atoms with Crippen LogP contribution in [0.1, 0.15) is 188 Å². The molecule has 74 heavy (non-hydrogen) atoms. The second kappa shape index (κ2) is 26.1. The van der Waals surface area contributed by atoms with E-state index in [4.69, 9.17) is 32.5 Å². The summed E-state index contributed by atoms with van der Waals surface area (Å²) >= 11 is 1.31. The van der Waals surface area contributed by atoms with E-state index in [0.29, 0.717) is 23.7 Å². The molecule has 0 N–H and O–H groups in total. The Morgan fingerprint density at radius 1 is 0.851 bits per heavy atom. The molecule has 1 aromatic rings. The van der Waals surface area contributed by atoms with E-state index in [2.05, 4.69) is 101 Å². The van der Waals surface area contributed by atoms with Crippen LogP contribution in [0.25, 0.3) is 6.08 Å². The van der Waals surface area contributed by atoms with Crippen molar-refractivity contribution < 1.29 is 46.7 Å². The quantitative estimate of drug-likeness (QED) is 0.0597. The van der Waals surface area contributed by atoms with Gasteiger partial charge in [-0.3, -0.25) is 14.5 Å². The summed E-state index contributed by atoms with van der Waals surface area (Å²) in [5, 5.41) is 2.45. The maximum atomic E-state index is 15.4. The van der Waals surface area contributed by atoms with E-state index in [1.54, 1.807) is 41.5 Å². The number of ketones is 1. The van der Waals surface area contributed by atoms with Crippen molar-refractivity contribution in [3.05, 3.63) is 21.7 Å². The van der Waals surface area contributed by atoms with E-state index in [1.807, 2.05) is 32.2 Å². The van der Waals surface area contributed by atoms with Gasteiger partial charge in [-0.2, -0.15) is 0 Å². The number of Topliss-reactive ketones (excluding diaryl/α,β-unsaturated/α-hetero) is 1. The molecule has 0 radical (unpaired) electrons. The lowest BCUT2D eigenvalue weighted by molar-refractivity contribution is -0.153. The van der Waals surface area contributed by atoms with E-state index in [9.17, 15) is 14.4 Å². The van der Waals surface area contributed by atoms with Crippen molar-refractivity contribution in [2.75, 3.05) is 13.2 Å². The molecule has 2 aliphatic heterocycles. The molecule has 1 aromatic heterocycles. The Hall–Kier alpha value is -2.26. The van der Waals surface area contributed by atoms with Gasteiger partial charge in [0, 0.05) is 47.9 Å². The summed E-state index contributed by atoms with van der Waals surface area (Å²) in [5.41, 5.74) is -1.48. The number of amides is 2. The number of thiazole rings is 1. The Bertz CT molecular complexity index is 2010. The van der Waals surface area contributed by atoms with Gasteiger partial charge in [-0.1, -0.05) is 96.4 Å². The number of ether oxygens (including phenoxy) is 3. The molecule has 0 aromatic carbocycles. The lowest BCUT2D eigenvalue weighted by Gasteiger charge is -2.44. The summed E-state index contributed by atoms with van der Waals surface area (Å²) < 4.78 is 39.5. The molecule has 2 saturated heterocycles. The Labute approximate surface area is 457 Å². The van der Waals surface area contributed by atoms with Crippen LogP contribution in [-0.2, 0) is 43.6 Å². The number of cyclic esters (lactones) is 1. The highest BCUT2D eigenvalue weighted by atomic mass is 32.1. The van der Waals surface area contributed by atoms with Crippen LogP contribution < -0.4 is 0 Å². The van der Waals surface area contributed by atoms with E-state index < -0.39 is 77.9 Å². The van der Waals surface area contributed by atoms with E-state index >= 15 is 4.79 Å². The number of hydrogen-bond acceptors (Lipinski definition) is 13. The molecule has 2 fully saturated rings. The van der Waals surface area contributed by atoms with E-state index in [0.717, 1.165) is 72.5 Å². The van der Waals surface area contributed by atoms with Crippen molar-refractivity contribution in [3.8, 4) is 0 Å². The number of imide groups is 1. The molecule has 2 amide bonds. The Kier molecular flexibility index (Phi) is 23.3. The molecule has 13 nitrogen and oxygen atoms in total. The fraction of sp³-hybridized carbons (Fsp3) is 0.842. The molecule has 1 unspecified atom stereocenters. The number of esters is 1. The first-order valence-electron chi connectivity index (χ1n) is 28.3. The van der Waals surface area contributed by atoms with Crippen LogP contribution in [-0.4, -0.2) is 118 Å². The summed E-state index contributed by atoms with van der Waals surface area (Å²) in [6.07, 6.45) is 1.98. The molecule has 8 atom stereocenters. The number of rotatable bonds is 18. The first kappa shape index (κ1) is 66.0. The number of nitrogens with zero attached hydrogens (tertiary/aromatic N) is 3. The van der Waals surface area contributed by atoms with Crippen molar-refractivity contribution in [1.82, 2.24) is 14.8 Å². The van der Waals surface area contributed by atoms with Gasteiger partial charge in [0.2, 0.25) is 0 Å². The molecule has 0 aliphatic carbocycles. The van der Waals surface area contributed by atoms with Gasteiger partial charge in [-0.25, -0.2) is 19.5 Å². The second-order valence-corrected chi connectivity index (χ2v) is 41.3. The summed E-state index contributed by atoms with van der Waals surface area (Å²) in [6.45, 7) is 49.0. The van der Waals surface area contributed by atoms with E-state index in [-0.39, 0.29) is 47.4 Å². The molecular weight excluding hydrogens is 1000 g/mol. The van der Waals surface area contributed by atoms with Crippen LogP contribution in [0.2, 0.25) is 54.4 Å². The third-order valence-corrected chi connectivity index (χ3v) is 31.9. The maximum absolute atomic E-state index is 15.4. The summed E-state index contributed by atoms with van der Waals surface area (Å²) in [4.78, 5) is 65.5. The SMILES string of the molecule is CC[Si](CC)(CC)O[C@H]1[C@@H](C)CCC[C@]2(C)[C@H](C[C@@H](/C(C)=C/c3csc(CN(C(=O)OC(C)(C)C)C(=O)OC(C)(C)C)n3)OC(=O)C[C@H](O[Si](CC)(CC)CC)C(C)(C)C(=O)[C@@H]1C)N2CCO[Si](C)(C)C(C)(C)C. The van der Waals surface area contributed by atoms with Gasteiger partial charge in [0.05, 0.1) is 30.9 Å². The fourth-order valence-corrected chi connectivity index (χ4v) is 18.3. The lowest BCUT2D eigenvalue weighted by atomic mass is 9.73. The Balaban J connectivity index is 2.21. The average Bonchev–Trinajstić information content (AvgIpc) is 3.56. The monoisotopic (exact) mass is 1110 g/mol. The van der Waals surface area contributed by atoms with Gasteiger partial charge < -0.3 is 27.5 Å². The molecule has 17 heteroatoms. The first-order chi connectivity index (χ1) is 33.9. The number of carbonyl (C=O) groups excluding carboxylic acids is 4. The highest BCUT2D eigenvalue weighted by molar-refractivity contribution is 7.09. The third kappa shape index (κ3) is 17.4. The minimum atomic E-state index is -2.36. The van der Waals surface area contributed by atoms with Crippen molar-refractivity contribution in [3.63, 3.8) is 0 Å². The minimum Gasteiger partial charge on any atom is -0.458 e. The largest absolute Gasteiger partial charge is 0.458 e. The Morgan fingerprint density at radius 2 is 1.36 bits per heavy atom. The van der Waals surface area contributed by atoms with Crippen LogP contribution in [0.15, 0.2) is 11.0 Å². The number of hydrogen-bond donors (Lipinski definition) is 0. The third-order valence-electron chi connectivity index (χ3n) is 17.2. The summed E-state index contributed by atoms with van der Waals surface area (Å²) in [5.74, 6) is -0.620. The van der Waals surface area contributed by atoms with Crippen LogP contribution in [0, 0.1) is 17.3 Å². The van der Waals surface area contributed by atoms with E-state index in [1.165, 1.54) is 11.3 Å². The highest BCUT2D eigenvalue weighted by Gasteiger charge is 2.59. The predicted molar refractivity (Wildman–Crippen MR) is 310 cm³/mol. The van der Waals surface area contributed by atoms with Gasteiger partial charge in [0.25, 0.3) is 0 Å². The molecule has 3 heterocycles. The zero-order valence-electron chi connectivity index (χ0n) is 50.9. The molecular formula is C57H105N3O10SSi3. The van der Waals surface area contributed by atoms with Crippen LogP contribution >= 0.6 is 11.3 Å². The van der Waals surface area contributed by atoms with Gasteiger partial charge in [0.15, 0.2) is 25.0 Å². The normalized spacial score (nSPS) is 26.3. The molecule has 2 aliphatic rings. The van der Waals surface area contributed by atoms with Gasteiger partial charge in [-0.05, 0) is 140 Å². The van der Waals surface area contributed by atoms with Crippen molar-refractivity contribution in [2.45, 2.75) is 280 Å². The van der Waals surface area contributed by atoms with Crippen molar-refractivity contribution in [1.29, 1.82) is 0 Å². The van der Waals surface area contributed by atoms with Crippen LogP contribution in [0.3, 0.4) is 0 Å². The van der Waals surface area contributed by atoms with Gasteiger partial charge in [0.1, 0.15) is 28.1 Å². The molecule has 0 bridgehead atoms. The van der Waals surface area contributed by atoms with Crippen LogP contribution in [0.5, 0.6) is 0 Å². The number of fused-ring (bicyclic) bond motifs is 1. The minimum absolute atomic E-state index is 0.0688. The molecule has 426 valence electrons. The predicted octanol–water partition coefficient (Wildman–Crippen LogP) is 15.2. The topological polar surface area (TPSA) is 143 Å². The summed E-state index contributed by atoms with van der Waals surface area (Å²) in [6, 6.07) is 5.68. The number of aromatic nitrogens is 1. The standard InChI is InChI=1S/C57H105N3O10SSi3/c1-24-73(25-2,26-3)69-46-37-48(61)66-44(41(8)35-43-39-71-47(58-43)38-59(51(63)67-53(10,11)12)52(64)68-54(13,14)15)36-45-57(21,60(45)33-34-65-72(22,23)55(16,17)18)32-30-31-40(7)49(42(9)50(62)56(46,19)20)70-74(27-4,28-5)29-6/h35,39-40,42,44-46,49H,24-34,36-38H2,1-23H3/b41-35+/t40-,42+,44-,45-,46-,49-,57+,60?/m0/s1. The molecule has 3 rings (SSSR count). The zero-order chi connectivity index (χ0) is 56.6. The smallest absolute Gasteiger partial charge is 0.420 e. The lowest BCUT2D eigenvalue weighted by Crippen LogP contribution is -2.53. The van der Waals surface area contributed by atoms with Crippen LogP contribution in [0.4, 0.5) is 9.59 Å². The highest BCUT2D eigenvalue weighted by Crippen LogP contribution is 2.49. The fourth-order valence-electron chi connectivity index (χ4n) is 10.5. The molecule has 0 spiro atoms. The van der Waals surface area contributed by atoms with Crippen molar-refractivity contribution in [2.24, 2.45) is 17.3 Å². The Morgan fingerprint density at radius 3 is 1.85 bits per heavy atom. The van der Waals surface area contributed by atoms with Gasteiger partial charge >= 0.3 is 18.2 Å². The number of carbonyl (C=O) groups is 4. The maximum Gasteiger partial charge on any atom is 0.420 e. The molecule has 0 saturated carbocycles. The first-order valence-corrected chi connectivity index (χ1v) is 37.1. The average molecular weight is 1110 g/mol. The summed E-state index contributed by atoms with van der Waals surface area (Å²) in [7, 11) is -6.53. The zero-order valence-corrected chi connectivity index (χ0v) is 54.7. The second-order valence-electron chi connectivity index (χ2n) is 26.1. The van der Waals surface area contributed by atoms with Crippen molar-refractivity contribution >= 4 is 66.3 Å².